The maximum Gasteiger partial charge on any atom is 0.161 e. The Kier molecular flexibility index (Phi) is 1.90. The zero-order valence-corrected chi connectivity index (χ0v) is 4.82. The first kappa shape index (κ1) is 5.88. The molecule has 0 atom stereocenters. The van der Waals surface area contributed by atoms with Crippen LogP contribution < -0.4 is 0 Å². The molecule has 46 valence electrons. The molecule has 1 heterocycles. The van der Waals surface area contributed by atoms with Crippen molar-refractivity contribution in [1.29, 1.82) is 0 Å². The van der Waals surface area contributed by atoms with Gasteiger partial charge in [-0.15, -0.1) is 0 Å². The molecule has 0 aromatic rings. The van der Waals surface area contributed by atoms with E-state index in [4.69, 9.17) is 0 Å². The zero-order chi connectivity index (χ0) is 6.53. The molecule has 0 fully saturated rings. The predicted octanol–water partition coefficient (Wildman–Crippen LogP) is 1.44. The highest BCUT2D eigenvalue weighted by atomic mass is 16.1. The van der Waals surface area contributed by atoms with Crippen LogP contribution in [0.2, 0.25) is 0 Å². The summed E-state index contributed by atoms with van der Waals surface area (Å²) < 4.78 is 0. The van der Waals surface area contributed by atoms with Gasteiger partial charge in [0.15, 0.2) is 5.78 Å². The average molecular weight is 122 g/mol. The summed E-state index contributed by atoms with van der Waals surface area (Å²) in [5.41, 5.74) is 0. The van der Waals surface area contributed by atoms with Crippen LogP contribution in [0, 0.1) is 0 Å². The lowest BCUT2D eigenvalue weighted by Crippen LogP contribution is -1.88. The van der Waals surface area contributed by atoms with E-state index in [-0.39, 0.29) is 5.78 Å². The van der Waals surface area contributed by atoms with Crippen molar-refractivity contribution in [2.24, 2.45) is 10.2 Å². The van der Waals surface area contributed by atoms with E-state index in [1.807, 2.05) is 0 Å². The SMILES string of the molecule is O=C1C=CN=NC=CC1. The summed E-state index contributed by atoms with van der Waals surface area (Å²) >= 11 is 0. The summed E-state index contributed by atoms with van der Waals surface area (Å²) in [5, 5.41) is 7.09. The first-order chi connectivity index (χ1) is 4.39. The first-order valence-electron chi connectivity index (χ1n) is 2.64. The van der Waals surface area contributed by atoms with E-state index in [9.17, 15) is 4.79 Å². The van der Waals surface area contributed by atoms with Crippen LogP contribution in [0.1, 0.15) is 6.42 Å². The van der Waals surface area contributed by atoms with E-state index in [0.29, 0.717) is 6.42 Å². The van der Waals surface area contributed by atoms with Crippen LogP contribution in [-0.2, 0) is 4.79 Å². The van der Waals surface area contributed by atoms with Crippen molar-refractivity contribution in [1.82, 2.24) is 0 Å². The van der Waals surface area contributed by atoms with Crippen molar-refractivity contribution in [3.05, 3.63) is 24.6 Å². The Balaban J connectivity index is 2.70. The topological polar surface area (TPSA) is 41.8 Å². The normalized spacial score (nSPS) is 17.6. The Morgan fingerprint density at radius 3 is 3.00 bits per heavy atom. The summed E-state index contributed by atoms with van der Waals surface area (Å²) in [4.78, 5) is 10.6. The molecule has 0 radical (unpaired) electrons. The van der Waals surface area contributed by atoms with E-state index >= 15 is 0 Å². The maximum atomic E-state index is 10.6. The molecule has 3 heteroatoms. The lowest BCUT2D eigenvalue weighted by atomic mass is 10.3. The fourth-order valence-corrected chi connectivity index (χ4v) is 0.477. The van der Waals surface area contributed by atoms with Crippen LogP contribution in [0.25, 0.3) is 0 Å². The number of hydrogen-bond acceptors (Lipinski definition) is 3. The van der Waals surface area contributed by atoms with Crippen molar-refractivity contribution in [2.45, 2.75) is 6.42 Å². The molecular formula is C6H6N2O. The Morgan fingerprint density at radius 2 is 2.11 bits per heavy atom. The summed E-state index contributed by atoms with van der Waals surface area (Å²) in [6, 6.07) is 0. The molecule has 0 aliphatic carbocycles. The van der Waals surface area contributed by atoms with Crippen LogP contribution in [0.3, 0.4) is 0 Å². The molecule has 0 N–H and O–H groups in total. The number of azo groups is 1. The van der Waals surface area contributed by atoms with Gasteiger partial charge < -0.3 is 0 Å². The molecule has 1 aliphatic rings. The third-order valence-electron chi connectivity index (χ3n) is 0.885. The first-order valence-corrected chi connectivity index (χ1v) is 2.64. The fraction of sp³-hybridized carbons (Fsp3) is 0.167. The minimum Gasteiger partial charge on any atom is -0.294 e. The molecule has 0 unspecified atom stereocenters. The van der Waals surface area contributed by atoms with Gasteiger partial charge in [0.25, 0.3) is 0 Å². The summed E-state index contributed by atoms with van der Waals surface area (Å²) in [5.74, 6) is 0.0601. The van der Waals surface area contributed by atoms with Crippen molar-refractivity contribution < 1.29 is 4.79 Å². The quantitative estimate of drug-likeness (QED) is 0.479. The van der Waals surface area contributed by atoms with Crippen LogP contribution in [0.4, 0.5) is 0 Å². The minimum absolute atomic E-state index is 0.0601. The molecule has 1 rings (SSSR count). The smallest absolute Gasteiger partial charge is 0.161 e. The van der Waals surface area contributed by atoms with Gasteiger partial charge in [-0.2, -0.15) is 10.2 Å². The Labute approximate surface area is 52.8 Å². The molecule has 0 spiro atoms. The van der Waals surface area contributed by atoms with E-state index in [2.05, 4.69) is 10.2 Å². The summed E-state index contributed by atoms with van der Waals surface area (Å²) in [7, 11) is 0. The van der Waals surface area contributed by atoms with Crippen LogP contribution in [0.15, 0.2) is 34.8 Å². The second-order valence-electron chi connectivity index (χ2n) is 1.60. The van der Waals surface area contributed by atoms with Gasteiger partial charge in [0.2, 0.25) is 0 Å². The zero-order valence-electron chi connectivity index (χ0n) is 4.82. The Hall–Kier alpha value is -1.25. The maximum absolute atomic E-state index is 10.6. The lowest BCUT2D eigenvalue weighted by Gasteiger charge is -1.85. The second kappa shape index (κ2) is 2.91. The van der Waals surface area contributed by atoms with Gasteiger partial charge in [-0.25, -0.2) is 0 Å². The highest BCUT2D eigenvalue weighted by Crippen LogP contribution is 1.93. The highest BCUT2D eigenvalue weighted by molar-refractivity contribution is 5.90. The third-order valence-corrected chi connectivity index (χ3v) is 0.885. The number of carbonyl (C=O) groups excluding carboxylic acids is 1. The van der Waals surface area contributed by atoms with Gasteiger partial charge in [-0.1, -0.05) is 6.08 Å². The summed E-state index contributed by atoms with van der Waals surface area (Å²) in [6.07, 6.45) is 6.42. The van der Waals surface area contributed by atoms with Gasteiger partial charge in [0, 0.05) is 18.7 Å². The standard InChI is InChI=1S/C6H6N2O/c9-6-2-1-4-7-8-5-3-6/h1,3-5H,2H2. The fourth-order valence-electron chi connectivity index (χ4n) is 0.477. The van der Waals surface area contributed by atoms with E-state index in [1.54, 1.807) is 6.08 Å². The highest BCUT2D eigenvalue weighted by Gasteiger charge is 1.91. The molecule has 0 saturated heterocycles. The minimum atomic E-state index is 0.0601. The number of nitrogens with zero attached hydrogens (tertiary/aromatic N) is 2. The molecule has 0 saturated carbocycles. The molecule has 0 amide bonds. The predicted molar refractivity (Wildman–Crippen MR) is 32.8 cm³/mol. The average Bonchev–Trinajstić information content (AvgIpc) is 1.79. The number of allylic oxidation sites excluding steroid dienone is 2. The van der Waals surface area contributed by atoms with Gasteiger partial charge >= 0.3 is 0 Å². The van der Waals surface area contributed by atoms with E-state index in [0.717, 1.165) is 0 Å². The van der Waals surface area contributed by atoms with Crippen LogP contribution >= 0.6 is 0 Å². The van der Waals surface area contributed by atoms with E-state index in [1.165, 1.54) is 18.5 Å². The number of hydrogen-bond donors (Lipinski definition) is 0. The molecule has 1 aliphatic heterocycles. The summed E-state index contributed by atoms with van der Waals surface area (Å²) in [6.45, 7) is 0. The largest absolute Gasteiger partial charge is 0.294 e. The van der Waals surface area contributed by atoms with Crippen molar-refractivity contribution in [2.75, 3.05) is 0 Å². The van der Waals surface area contributed by atoms with Gasteiger partial charge in [0.1, 0.15) is 0 Å². The van der Waals surface area contributed by atoms with Crippen molar-refractivity contribution >= 4 is 5.78 Å². The molecule has 0 bridgehead atoms. The van der Waals surface area contributed by atoms with Crippen LogP contribution in [-0.4, -0.2) is 5.78 Å². The number of carbonyl (C=O) groups is 1. The molecule has 9 heavy (non-hydrogen) atoms. The molecule has 0 aromatic heterocycles. The molecule has 3 nitrogen and oxygen atoms in total. The van der Waals surface area contributed by atoms with Gasteiger partial charge in [-0.3, -0.25) is 4.79 Å². The Morgan fingerprint density at radius 1 is 1.33 bits per heavy atom. The molecular weight excluding hydrogens is 116 g/mol. The lowest BCUT2D eigenvalue weighted by molar-refractivity contribution is -0.113. The third kappa shape index (κ3) is 1.99. The number of rotatable bonds is 0. The van der Waals surface area contributed by atoms with Crippen LogP contribution in [0.5, 0.6) is 0 Å². The molecule has 0 aromatic carbocycles. The monoisotopic (exact) mass is 122 g/mol. The van der Waals surface area contributed by atoms with Gasteiger partial charge in [-0.05, 0) is 0 Å². The Bertz CT molecular complexity index is 191. The van der Waals surface area contributed by atoms with Crippen molar-refractivity contribution in [3.63, 3.8) is 0 Å². The van der Waals surface area contributed by atoms with E-state index < -0.39 is 0 Å². The van der Waals surface area contributed by atoms with Crippen molar-refractivity contribution in [3.8, 4) is 0 Å². The van der Waals surface area contributed by atoms with Gasteiger partial charge in [0.05, 0.1) is 6.20 Å². The number of ketones is 1. The second-order valence-corrected chi connectivity index (χ2v) is 1.60.